The van der Waals surface area contributed by atoms with E-state index in [4.69, 9.17) is 0 Å². The summed E-state index contributed by atoms with van der Waals surface area (Å²) in [5.41, 5.74) is 4.34. The molecule has 0 saturated carbocycles. The predicted octanol–water partition coefficient (Wildman–Crippen LogP) is 4.21. The van der Waals surface area contributed by atoms with Crippen molar-refractivity contribution in [3.05, 3.63) is 65.9 Å². The summed E-state index contributed by atoms with van der Waals surface area (Å²) in [6.45, 7) is 6.83. The molecule has 178 valence electrons. The summed E-state index contributed by atoms with van der Waals surface area (Å²) < 4.78 is 0. The Labute approximate surface area is 200 Å². The average molecular weight is 461 g/mol. The highest BCUT2D eigenvalue weighted by Crippen LogP contribution is 2.23. The fraction of sp³-hybridized carbons (Fsp3) is 0.346. The van der Waals surface area contributed by atoms with Crippen molar-refractivity contribution < 1.29 is 9.59 Å². The number of likely N-dealkylation sites (tertiary alicyclic amines) is 1. The largest absolute Gasteiger partial charge is 0.337 e. The smallest absolute Gasteiger partial charge is 0.321 e. The maximum Gasteiger partial charge on any atom is 0.321 e. The third kappa shape index (κ3) is 5.63. The second-order valence-electron chi connectivity index (χ2n) is 8.81. The van der Waals surface area contributed by atoms with Gasteiger partial charge in [0.2, 0.25) is 0 Å². The topological polar surface area (TPSA) is 89.6 Å². The van der Waals surface area contributed by atoms with Crippen molar-refractivity contribution in [2.24, 2.45) is 0 Å². The number of para-hydroxylation sites is 2. The van der Waals surface area contributed by atoms with Crippen LogP contribution in [0.3, 0.4) is 0 Å². The molecule has 1 fully saturated rings. The number of benzene rings is 2. The Morgan fingerprint density at radius 3 is 2.65 bits per heavy atom. The van der Waals surface area contributed by atoms with Crippen LogP contribution in [0.15, 0.2) is 54.6 Å². The van der Waals surface area contributed by atoms with E-state index in [2.05, 4.69) is 25.8 Å². The SMILES string of the molecule is Cc1cc(NC(=O)NCCN2CCC(N(C)C(=O)Nc3ccccc3C)C2)c2ccccc2n1. The maximum atomic E-state index is 12.7. The molecule has 1 aromatic heterocycles. The van der Waals surface area contributed by atoms with E-state index in [1.807, 2.05) is 75.5 Å². The number of rotatable bonds is 6. The van der Waals surface area contributed by atoms with Crippen LogP contribution >= 0.6 is 0 Å². The molecule has 0 bridgehead atoms. The van der Waals surface area contributed by atoms with Gasteiger partial charge in [-0.1, -0.05) is 36.4 Å². The van der Waals surface area contributed by atoms with Crippen LogP contribution < -0.4 is 16.0 Å². The van der Waals surface area contributed by atoms with Crippen LogP contribution in [0.2, 0.25) is 0 Å². The molecular weight excluding hydrogens is 428 g/mol. The van der Waals surface area contributed by atoms with Gasteiger partial charge < -0.3 is 20.9 Å². The zero-order valence-electron chi connectivity index (χ0n) is 20.0. The lowest BCUT2D eigenvalue weighted by Gasteiger charge is -2.25. The summed E-state index contributed by atoms with van der Waals surface area (Å²) in [5.74, 6) is 0. The number of nitrogens with zero attached hydrogens (tertiary/aromatic N) is 3. The van der Waals surface area contributed by atoms with Crippen molar-refractivity contribution in [2.75, 3.05) is 43.9 Å². The van der Waals surface area contributed by atoms with Gasteiger partial charge in [-0.15, -0.1) is 0 Å². The van der Waals surface area contributed by atoms with Crippen LogP contribution in [0.4, 0.5) is 21.0 Å². The van der Waals surface area contributed by atoms with Crippen LogP contribution in [0, 0.1) is 13.8 Å². The molecule has 1 saturated heterocycles. The molecule has 2 heterocycles. The number of pyridine rings is 1. The van der Waals surface area contributed by atoms with Crippen molar-refractivity contribution in [1.29, 1.82) is 0 Å². The van der Waals surface area contributed by atoms with Crippen molar-refractivity contribution in [2.45, 2.75) is 26.3 Å². The fourth-order valence-corrected chi connectivity index (χ4v) is 4.32. The Morgan fingerprint density at radius 1 is 1.06 bits per heavy atom. The highest BCUT2D eigenvalue weighted by atomic mass is 16.2. The zero-order valence-corrected chi connectivity index (χ0v) is 20.0. The highest BCUT2D eigenvalue weighted by molar-refractivity contribution is 6.00. The predicted molar refractivity (Wildman–Crippen MR) is 136 cm³/mol. The van der Waals surface area contributed by atoms with Gasteiger partial charge in [-0.2, -0.15) is 0 Å². The number of hydrogen-bond donors (Lipinski definition) is 3. The molecule has 1 atom stereocenters. The number of fused-ring (bicyclic) bond motifs is 1. The fourth-order valence-electron chi connectivity index (χ4n) is 4.32. The number of urea groups is 2. The molecule has 0 aliphatic carbocycles. The van der Waals surface area contributed by atoms with Crippen LogP contribution in [-0.4, -0.2) is 66.1 Å². The molecule has 0 radical (unpaired) electrons. The number of hydrogen-bond acceptors (Lipinski definition) is 4. The molecule has 1 aliphatic rings. The molecule has 1 aliphatic heterocycles. The zero-order chi connectivity index (χ0) is 24.1. The average Bonchev–Trinajstić information content (AvgIpc) is 3.28. The van der Waals surface area contributed by atoms with Gasteiger partial charge >= 0.3 is 12.1 Å². The first-order valence-electron chi connectivity index (χ1n) is 11.6. The van der Waals surface area contributed by atoms with E-state index in [-0.39, 0.29) is 18.1 Å². The van der Waals surface area contributed by atoms with E-state index >= 15 is 0 Å². The number of carbonyl (C=O) groups is 2. The minimum absolute atomic E-state index is 0.0986. The monoisotopic (exact) mass is 460 g/mol. The Morgan fingerprint density at radius 2 is 1.82 bits per heavy atom. The third-order valence-electron chi connectivity index (χ3n) is 6.31. The Bertz CT molecular complexity index is 1180. The van der Waals surface area contributed by atoms with Gasteiger partial charge in [0, 0.05) is 56.0 Å². The van der Waals surface area contributed by atoms with E-state index in [9.17, 15) is 9.59 Å². The standard InChI is InChI=1S/C26H32N6O2/c1-18-8-4-6-10-22(18)30-26(34)31(3)20-12-14-32(17-20)15-13-27-25(33)29-24-16-19(2)28-23-11-7-5-9-21(23)24/h4-11,16,20H,12-15,17H2,1-3H3,(H,30,34)(H2,27,28,29,33). The number of anilines is 2. The molecule has 3 aromatic rings. The third-order valence-corrected chi connectivity index (χ3v) is 6.31. The number of aromatic nitrogens is 1. The molecular formula is C26H32N6O2. The Hall–Kier alpha value is -3.65. The van der Waals surface area contributed by atoms with Gasteiger partial charge in [0.15, 0.2) is 0 Å². The Kier molecular flexibility index (Phi) is 7.27. The first kappa shape index (κ1) is 23.5. The number of nitrogens with one attached hydrogen (secondary N) is 3. The first-order chi connectivity index (χ1) is 16.4. The lowest BCUT2D eigenvalue weighted by Crippen LogP contribution is -2.42. The number of aryl methyl sites for hydroxylation is 2. The van der Waals surface area contributed by atoms with Gasteiger partial charge in [-0.3, -0.25) is 9.88 Å². The van der Waals surface area contributed by atoms with Crippen LogP contribution in [-0.2, 0) is 0 Å². The van der Waals surface area contributed by atoms with Crippen molar-refractivity contribution in [3.63, 3.8) is 0 Å². The second-order valence-corrected chi connectivity index (χ2v) is 8.81. The minimum Gasteiger partial charge on any atom is -0.337 e. The van der Waals surface area contributed by atoms with Gasteiger partial charge in [0.25, 0.3) is 0 Å². The molecule has 4 amide bonds. The summed E-state index contributed by atoms with van der Waals surface area (Å²) in [5, 5.41) is 9.81. The number of carbonyl (C=O) groups excluding carboxylic acids is 2. The van der Waals surface area contributed by atoms with E-state index in [1.54, 1.807) is 4.90 Å². The molecule has 0 spiro atoms. The van der Waals surface area contributed by atoms with E-state index in [0.29, 0.717) is 6.54 Å². The normalized spacial score (nSPS) is 15.8. The van der Waals surface area contributed by atoms with E-state index in [1.165, 1.54) is 0 Å². The summed E-state index contributed by atoms with van der Waals surface area (Å²) in [6.07, 6.45) is 0.909. The summed E-state index contributed by atoms with van der Waals surface area (Å²) in [6, 6.07) is 17.2. The van der Waals surface area contributed by atoms with Crippen LogP contribution in [0.25, 0.3) is 10.9 Å². The summed E-state index contributed by atoms with van der Waals surface area (Å²) >= 11 is 0. The van der Waals surface area contributed by atoms with Crippen molar-refractivity contribution in [1.82, 2.24) is 20.1 Å². The molecule has 3 N–H and O–H groups in total. The van der Waals surface area contributed by atoms with Gasteiger partial charge in [-0.25, -0.2) is 9.59 Å². The molecule has 8 heteroatoms. The molecule has 8 nitrogen and oxygen atoms in total. The van der Waals surface area contributed by atoms with E-state index < -0.39 is 0 Å². The maximum absolute atomic E-state index is 12.7. The minimum atomic E-state index is -0.235. The quantitative estimate of drug-likeness (QED) is 0.514. The number of likely N-dealkylation sites (N-methyl/N-ethyl adjacent to an activating group) is 1. The molecule has 2 aromatic carbocycles. The van der Waals surface area contributed by atoms with Crippen molar-refractivity contribution >= 4 is 34.3 Å². The summed E-state index contributed by atoms with van der Waals surface area (Å²) in [7, 11) is 1.84. The summed E-state index contributed by atoms with van der Waals surface area (Å²) in [4.78, 5) is 33.7. The first-order valence-corrected chi connectivity index (χ1v) is 11.6. The lowest BCUT2D eigenvalue weighted by molar-refractivity contribution is 0.202. The van der Waals surface area contributed by atoms with Crippen LogP contribution in [0.5, 0.6) is 0 Å². The molecule has 1 unspecified atom stereocenters. The second kappa shape index (κ2) is 10.5. The molecule has 4 rings (SSSR count). The van der Waals surface area contributed by atoms with Crippen molar-refractivity contribution in [3.8, 4) is 0 Å². The van der Waals surface area contributed by atoms with Gasteiger partial charge in [0.05, 0.1) is 11.2 Å². The Balaban J connectivity index is 1.23. The van der Waals surface area contributed by atoms with Gasteiger partial charge in [0.1, 0.15) is 0 Å². The van der Waals surface area contributed by atoms with E-state index in [0.717, 1.165) is 59.6 Å². The highest BCUT2D eigenvalue weighted by Gasteiger charge is 2.28. The molecule has 34 heavy (non-hydrogen) atoms. The van der Waals surface area contributed by atoms with Crippen LogP contribution in [0.1, 0.15) is 17.7 Å². The van der Waals surface area contributed by atoms with Gasteiger partial charge in [-0.05, 0) is 44.0 Å². The lowest BCUT2D eigenvalue weighted by atomic mass is 10.1. The number of amides is 4.